The average Bonchev–Trinajstić information content (AvgIpc) is 2.62. The van der Waals surface area contributed by atoms with Gasteiger partial charge >= 0.3 is 0 Å². The van der Waals surface area contributed by atoms with Crippen molar-refractivity contribution < 1.29 is 14.5 Å². The largest absolute Gasteiger partial charge is 0.370 e. The van der Waals surface area contributed by atoms with Crippen LogP contribution in [0.3, 0.4) is 0 Å². The van der Waals surface area contributed by atoms with E-state index in [9.17, 15) is 14.9 Å². The fourth-order valence-electron chi connectivity index (χ4n) is 2.67. The number of amides is 1. The molecule has 1 aliphatic heterocycles. The van der Waals surface area contributed by atoms with Crippen molar-refractivity contribution in [1.82, 2.24) is 4.90 Å². The molecule has 130 valence electrons. The van der Waals surface area contributed by atoms with Crippen LogP contribution in [0.5, 0.6) is 0 Å². The van der Waals surface area contributed by atoms with Gasteiger partial charge in [0.2, 0.25) is 0 Å². The van der Waals surface area contributed by atoms with Crippen LogP contribution in [-0.4, -0.2) is 35.4 Å². The molecule has 8 heteroatoms. The molecule has 1 fully saturated rings. The second-order valence-corrected chi connectivity index (χ2v) is 6.91. The Morgan fingerprint density at radius 1 is 1.28 bits per heavy atom. The fraction of sp³-hybridized carbons (Fsp3) is 0.235. The molecule has 0 radical (unpaired) electrons. The molecule has 3 rings (SSSR count). The lowest BCUT2D eigenvalue weighted by Crippen LogP contribution is -2.42. The van der Waals surface area contributed by atoms with E-state index in [4.69, 9.17) is 16.3 Å². The van der Waals surface area contributed by atoms with E-state index < -0.39 is 4.92 Å². The van der Waals surface area contributed by atoms with Crippen LogP contribution in [0.1, 0.15) is 22.0 Å². The monoisotopic (exact) mass is 424 g/mol. The average molecular weight is 426 g/mol. The molecule has 25 heavy (non-hydrogen) atoms. The number of rotatable bonds is 3. The highest BCUT2D eigenvalue weighted by Crippen LogP contribution is 2.27. The molecular weight excluding hydrogens is 412 g/mol. The fourth-order valence-corrected chi connectivity index (χ4v) is 3.14. The molecule has 0 N–H and O–H groups in total. The molecular formula is C17H14BrClN2O4. The summed E-state index contributed by atoms with van der Waals surface area (Å²) in [6.07, 6.45) is -0.247. The summed E-state index contributed by atoms with van der Waals surface area (Å²) in [5, 5.41) is 11.1. The topological polar surface area (TPSA) is 72.7 Å². The van der Waals surface area contributed by atoms with Crippen molar-refractivity contribution in [3.63, 3.8) is 0 Å². The van der Waals surface area contributed by atoms with E-state index in [2.05, 4.69) is 15.9 Å². The minimum atomic E-state index is -0.545. The summed E-state index contributed by atoms with van der Waals surface area (Å²) in [5.41, 5.74) is 0.934. The number of carbonyl (C=O) groups is 1. The molecule has 1 aliphatic rings. The van der Waals surface area contributed by atoms with E-state index in [-0.39, 0.29) is 28.3 Å². The first-order valence-electron chi connectivity index (χ1n) is 7.56. The number of ether oxygens (including phenoxy) is 1. The Hall–Kier alpha value is -1.96. The molecule has 2 aromatic carbocycles. The van der Waals surface area contributed by atoms with Crippen molar-refractivity contribution in [2.24, 2.45) is 0 Å². The van der Waals surface area contributed by atoms with Crippen molar-refractivity contribution in [3.8, 4) is 0 Å². The van der Waals surface area contributed by atoms with Gasteiger partial charge in [-0.15, -0.1) is 0 Å². The van der Waals surface area contributed by atoms with Crippen LogP contribution >= 0.6 is 27.5 Å². The molecule has 1 saturated heterocycles. The highest BCUT2D eigenvalue weighted by atomic mass is 79.9. The molecule has 1 atom stereocenters. The van der Waals surface area contributed by atoms with Gasteiger partial charge in [0.1, 0.15) is 6.10 Å². The maximum atomic E-state index is 12.8. The normalized spacial score (nSPS) is 17.4. The summed E-state index contributed by atoms with van der Waals surface area (Å²) in [6, 6.07) is 11.6. The summed E-state index contributed by atoms with van der Waals surface area (Å²) >= 11 is 9.47. The summed E-state index contributed by atoms with van der Waals surface area (Å²) in [5.74, 6) is -0.334. The van der Waals surface area contributed by atoms with Gasteiger partial charge in [-0.05, 0) is 23.8 Å². The van der Waals surface area contributed by atoms with Gasteiger partial charge in [-0.1, -0.05) is 39.7 Å². The number of hydrogen-bond donors (Lipinski definition) is 0. The van der Waals surface area contributed by atoms with Gasteiger partial charge in [-0.25, -0.2) is 0 Å². The number of non-ortho nitro benzene ring substituents is 1. The van der Waals surface area contributed by atoms with E-state index in [0.717, 1.165) is 10.0 Å². The second kappa shape index (κ2) is 7.51. The molecule has 1 heterocycles. The standard InChI is InChI=1S/C17H14BrClN2O4/c18-12-3-1-11(2-4-12)16-10-20(7-8-25-16)17(22)14-9-13(21(23)24)5-6-15(14)19/h1-6,9,16H,7-8,10H2. The van der Waals surface area contributed by atoms with Crippen molar-refractivity contribution in [3.05, 3.63) is 73.2 Å². The zero-order chi connectivity index (χ0) is 18.0. The first-order valence-corrected chi connectivity index (χ1v) is 8.73. The summed E-state index contributed by atoms with van der Waals surface area (Å²) in [6.45, 7) is 1.16. The lowest BCUT2D eigenvalue weighted by Gasteiger charge is -2.33. The van der Waals surface area contributed by atoms with Crippen LogP contribution in [0.4, 0.5) is 5.69 Å². The smallest absolute Gasteiger partial charge is 0.270 e. The van der Waals surface area contributed by atoms with Crippen LogP contribution in [0.2, 0.25) is 5.02 Å². The Labute approximate surface area is 157 Å². The lowest BCUT2D eigenvalue weighted by atomic mass is 10.1. The van der Waals surface area contributed by atoms with Crippen LogP contribution in [0, 0.1) is 10.1 Å². The molecule has 0 aliphatic carbocycles. The molecule has 1 unspecified atom stereocenters. The van der Waals surface area contributed by atoms with Gasteiger partial charge in [0, 0.05) is 23.2 Å². The third-order valence-corrected chi connectivity index (χ3v) is 4.84. The highest BCUT2D eigenvalue weighted by molar-refractivity contribution is 9.10. The Kier molecular flexibility index (Phi) is 5.36. The lowest BCUT2D eigenvalue weighted by molar-refractivity contribution is -0.384. The van der Waals surface area contributed by atoms with Gasteiger partial charge < -0.3 is 9.64 Å². The molecule has 0 aromatic heterocycles. The number of nitro groups is 1. The molecule has 0 spiro atoms. The molecule has 0 bridgehead atoms. The van der Waals surface area contributed by atoms with Crippen molar-refractivity contribution >= 4 is 39.1 Å². The van der Waals surface area contributed by atoms with Gasteiger partial charge in [-0.3, -0.25) is 14.9 Å². The van der Waals surface area contributed by atoms with Crippen LogP contribution in [0.25, 0.3) is 0 Å². The Balaban J connectivity index is 1.81. The SMILES string of the molecule is O=C(c1cc([N+](=O)[O-])ccc1Cl)N1CCOC(c2ccc(Br)cc2)C1. The molecule has 1 amide bonds. The molecule has 6 nitrogen and oxygen atoms in total. The number of carbonyl (C=O) groups excluding carboxylic acids is 1. The van der Waals surface area contributed by atoms with Gasteiger partial charge in [0.05, 0.1) is 28.7 Å². The van der Waals surface area contributed by atoms with E-state index in [0.29, 0.717) is 19.7 Å². The number of nitro benzene ring substituents is 1. The molecule has 0 saturated carbocycles. The first-order chi connectivity index (χ1) is 12.0. The first kappa shape index (κ1) is 17.8. The number of halogens is 2. The summed E-state index contributed by atoms with van der Waals surface area (Å²) in [4.78, 5) is 24.8. The Morgan fingerprint density at radius 2 is 2.00 bits per heavy atom. The second-order valence-electron chi connectivity index (χ2n) is 5.58. The predicted molar refractivity (Wildman–Crippen MR) is 96.8 cm³/mol. The minimum Gasteiger partial charge on any atom is -0.370 e. The maximum absolute atomic E-state index is 12.8. The summed E-state index contributed by atoms with van der Waals surface area (Å²) in [7, 11) is 0. The number of hydrogen-bond acceptors (Lipinski definition) is 4. The van der Waals surface area contributed by atoms with Crippen molar-refractivity contribution in [2.45, 2.75) is 6.10 Å². The number of nitrogens with zero attached hydrogens (tertiary/aromatic N) is 2. The number of benzene rings is 2. The Bertz CT molecular complexity index is 813. The zero-order valence-electron chi connectivity index (χ0n) is 13.0. The van der Waals surface area contributed by atoms with Crippen molar-refractivity contribution in [1.29, 1.82) is 0 Å². The van der Waals surface area contributed by atoms with Gasteiger partial charge in [0.25, 0.3) is 11.6 Å². The maximum Gasteiger partial charge on any atom is 0.270 e. The predicted octanol–water partition coefficient (Wildman–Crippen LogP) is 4.22. The van der Waals surface area contributed by atoms with Crippen LogP contribution < -0.4 is 0 Å². The third kappa shape index (κ3) is 4.00. The van der Waals surface area contributed by atoms with E-state index in [1.807, 2.05) is 24.3 Å². The summed E-state index contributed by atoms with van der Waals surface area (Å²) < 4.78 is 6.72. The van der Waals surface area contributed by atoms with E-state index >= 15 is 0 Å². The van der Waals surface area contributed by atoms with Crippen LogP contribution in [-0.2, 0) is 4.74 Å². The van der Waals surface area contributed by atoms with Crippen LogP contribution in [0.15, 0.2) is 46.9 Å². The third-order valence-electron chi connectivity index (χ3n) is 3.99. The number of morpholine rings is 1. The van der Waals surface area contributed by atoms with Gasteiger partial charge in [-0.2, -0.15) is 0 Å². The minimum absolute atomic E-state index is 0.132. The van der Waals surface area contributed by atoms with Crippen molar-refractivity contribution in [2.75, 3.05) is 19.7 Å². The zero-order valence-corrected chi connectivity index (χ0v) is 15.4. The highest BCUT2D eigenvalue weighted by Gasteiger charge is 2.28. The van der Waals surface area contributed by atoms with E-state index in [1.54, 1.807) is 4.90 Å². The quantitative estimate of drug-likeness (QED) is 0.545. The van der Waals surface area contributed by atoms with E-state index in [1.165, 1.54) is 18.2 Å². The van der Waals surface area contributed by atoms with Gasteiger partial charge in [0.15, 0.2) is 0 Å². The Morgan fingerprint density at radius 3 is 2.68 bits per heavy atom. The molecule has 2 aromatic rings.